The van der Waals surface area contributed by atoms with Gasteiger partial charge in [0.25, 0.3) is 28.8 Å². The standard InChI is InChI=1S/C25H26ClN5O5.C25H25ClN4O5.C21H31NO7.C12H19N3O3.C12H16O4.C9H17NO4.CH3I/c1-5-31(2)13-16-20(21-17(34-3)7-6-8-18(21)35-4)23(32)22(24(33)28-16)25-30-29-19(36-25)11-15-10-9-14(26)12-27-15;1-4-5-7-16-20(21-17(33-2)8-6-9-18(21)34-3)23(31)22(24(32)28-16)25-30-29-19(35-25)12-15-11-10-14(26)13-27-15;1-8-22(20(25)29-21(3,4)5)13-14(23)17(19(24)28-9-2)18-15(26-6)11-10-12-16(18)27-7;1-5-14(11(17)18-12(2,3)4)8-10(16)15-7-6-13-9-15;1-4-16-12(13)8-9-10(14-2)6-5-7-11(9)15-3;1-5-10(6-7(11)12)8(13)14-9(2,3)4;1-2/h6-10,12H,5,11,13H2,1-4H3,(H2,28,32,33);6,8-11,13H,4-5,7,12H2,1-3H3,(H2,28,31,32);10-12,17H,8-9,13H2,1-7H3;6-7,9H,5,8H2,1-4H3;5-7H,4,8H2,1-3H3;5-6H2,1-4H3,(H,11,12);1H3/i;;;;;;1D. The first-order chi connectivity index (χ1) is 71.6. The van der Waals surface area contributed by atoms with Crippen molar-refractivity contribution in [3.05, 3.63) is 205 Å². The molecular formula is C105H137Cl2IN14O28. The molecule has 3 amide bonds. The molecule has 0 saturated carbocycles. The first kappa shape index (κ1) is 124. The molecule has 0 spiro atoms. The Morgan fingerprint density at radius 2 is 0.880 bits per heavy atom. The van der Waals surface area contributed by atoms with Gasteiger partial charge >= 0.3 is 36.2 Å². The highest BCUT2D eigenvalue weighted by Gasteiger charge is 2.39. The maximum absolute atomic E-state index is 13.2. The lowest BCUT2D eigenvalue weighted by Crippen LogP contribution is -2.42. The van der Waals surface area contributed by atoms with Gasteiger partial charge in [-0.15, -0.1) is 20.4 Å². The number of halogens is 3. The third-order valence-corrected chi connectivity index (χ3v) is 21.3. The lowest BCUT2D eigenvalue weighted by molar-refractivity contribution is -0.148. The molecule has 0 radical (unpaired) electrons. The van der Waals surface area contributed by atoms with E-state index in [1.54, 1.807) is 208 Å². The van der Waals surface area contributed by atoms with E-state index in [-0.39, 0.29) is 116 Å². The number of carbonyl (C=O) groups is 8. The molecule has 5 N–H and O–H groups in total. The molecule has 7 heterocycles. The number of hydrogen-bond donors (Lipinski definition) is 5. The van der Waals surface area contributed by atoms with Crippen molar-refractivity contribution < 1.29 is 125 Å². The molecule has 4 aromatic carbocycles. The van der Waals surface area contributed by atoms with E-state index in [4.69, 9.17) is 100 Å². The van der Waals surface area contributed by atoms with Crippen LogP contribution in [0.2, 0.25) is 10.0 Å². The molecule has 0 aliphatic heterocycles. The first-order valence-electron chi connectivity index (χ1n) is 48.1. The normalized spacial score (nSPS) is 11.1. The van der Waals surface area contributed by atoms with E-state index < -0.39 is 69.8 Å². The average molecular weight is 2240 g/mol. The number of ether oxygens (including phenoxy) is 13. The number of unbranched alkanes of at least 4 members (excludes halogenated alkanes) is 1. The second-order valence-electron chi connectivity index (χ2n) is 35.0. The van der Waals surface area contributed by atoms with E-state index >= 15 is 0 Å². The number of aromatic nitrogens is 10. The smallest absolute Gasteiger partial charge is 0.410 e. The van der Waals surface area contributed by atoms with E-state index in [2.05, 4.69) is 45.3 Å². The van der Waals surface area contributed by atoms with Gasteiger partial charge in [-0.25, -0.2) is 19.4 Å². The largest absolute Gasteiger partial charge is 0.506 e. The quantitative estimate of drug-likeness (QED) is 0.00789. The number of amides is 3. The summed E-state index contributed by atoms with van der Waals surface area (Å²) in [6, 6.07) is 27.8. The van der Waals surface area contributed by atoms with Crippen molar-refractivity contribution in [1.82, 2.24) is 69.5 Å². The zero-order valence-corrected chi connectivity index (χ0v) is 92.9. The fraction of sp³-hybridized carbons (Fsp3) is 0.438. The molecule has 150 heavy (non-hydrogen) atoms. The van der Waals surface area contributed by atoms with Gasteiger partial charge in [0, 0.05) is 80.7 Å². The van der Waals surface area contributed by atoms with Crippen LogP contribution in [0.5, 0.6) is 57.5 Å². The molecule has 0 fully saturated rings. The van der Waals surface area contributed by atoms with E-state index in [1.165, 1.54) is 81.9 Å². The molecule has 0 aliphatic rings. The zero-order chi connectivity index (χ0) is 113. The summed E-state index contributed by atoms with van der Waals surface area (Å²) in [5, 5.41) is 48.6. The van der Waals surface area contributed by atoms with Gasteiger partial charge in [0.2, 0.25) is 11.8 Å². The maximum Gasteiger partial charge on any atom is 0.410 e. The molecule has 0 aliphatic carbocycles. The van der Waals surface area contributed by atoms with E-state index in [1.807, 2.05) is 54.5 Å². The summed E-state index contributed by atoms with van der Waals surface area (Å²) >= 11 is 13.7. The molecule has 1 unspecified atom stereocenters. The molecular weight excluding hydrogens is 2100 g/mol. The molecule has 42 nitrogen and oxygen atoms in total. The second-order valence-corrected chi connectivity index (χ2v) is 35.8. The Balaban J connectivity index is 0.000000327. The van der Waals surface area contributed by atoms with Crippen molar-refractivity contribution in [1.29, 1.82) is 0 Å². The lowest BCUT2D eigenvalue weighted by atomic mass is 9.92. The van der Waals surface area contributed by atoms with E-state index in [0.29, 0.717) is 144 Å². The topological polar surface area (TPSA) is 517 Å². The summed E-state index contributed by atoms with van der Waals surface area (Å²) < 4.78 is 88.0. The van der Waals surface area contributed by atoms with Crippen molar-refractivity contribution in [2.24, 2.45) is 0 Å². The van der Waals surface area contributed by atoms with Crippen LogP contribution in [0.4, 0.5) is 14.4 Å². The average Bonchev–Trinajstić information content (AvgIpc) is 1.67. The molecule has 0 saturated heterocycles. The number of rotatable bonds is 38. The summed E-state index contributed by atoms with van der Waals surface area (Å²) in [6.07, 6.45) is 8.66. The number of aromatic amines is 2. The van der Waals surface area contributed by atoms with Gasteiger partial charge in [0.05, 0.1) is 134 Å². The monoisotopic (exact) mass is 2240 g/mol. The highest BCUT2D eigenvalue weighted by Crippen LogP contribution is 2.49. The minimum atomic E-state index is -1.31. The number of likely N-dealkylation sites (N-methyl/N-ethyl adjacent to an activating group) is 3. The fourth-order valence-corrected chi connectivity index (χ4v) is 14.1. The molecule has 11 aromatic rings. The van der Waals surface area contributed by atoms with Crippen LogP contribution < -0.4 is 49.0 Å². The zero-order valence-electron chi connectivity index (χ0n) is 90.3. The van der Waals surface area contributed by atoms with Crippen molar-refractivity contribution in [3.63, 3.8) is 0 Å². The number of alkyl halides is 1. The molecule has 1 atom stereocenters. The fourth-order valence-electron chi connectivity index (χ4n) is 13.9. The Morgan fingerprint density at radius 1 is 0.500 bits per heavy atom. The van der Waals surface area contributed by atoms with E-state index in [9.17, 15) is 58.2 Å². The predicted octanol–water partition coefficient (Wildman–Crippen LogP) is 17.8. The SMILES string of the molecule is CCCCc1[nH]c(=O)c(-c2nnc(Cc3ccc(Cl)cn3)o2)c(O)c1-c1c(OC)cccc1OC.CCN(C)Cc1[nH]c(=O)c(-c2nnc(Cc3ccc(Cl)cn3)o2)c(O)c1-c1c(OC)cccc1OC.CCN(CC(=O)O)C(=O)OC(C)(C)C.CCN(CC(=O)n1ccnc1)C(=O)OC(C)(C)C.CCOC(=O)C(C(=O)CN(CC)C(=O)OC(C)(C)C)c1c(OC)cccc1OC.CCOC(=O)Cc1c(OC)cccc1OC.[2H]CI. The Hall–Kier alpha value is -14.6. The molecule has 816 valence electrons. The molecule has 7 aromatic heterocycles. The highest BCUT2D eigenvalue weighted by molar-refractivity contribution is 14.1. The number of hydrogen-bond acceptors (Lipinski definition) is 35. The number of imidazole rings is 1. The van der Waals surface area contributed by atoms with E-state index in [0.717, 1.165) is 24.3 Å². The summed E-state index contributed by atoms with van der Waals surface area (Å²) in [5.74, 6) is -0.717. The maximum atomic E-state index is 13.2. The van der Waals surface area contributed by atoms with Gasteiger partial charge in [-0.3, -0.25) is 57.9 Å². The number of Topliss-reactive ketones (excluding diaryl/α,β-unsaturated/α-hetero) is 1. The van der Waals surface area contributed by atoms with Crippen LogP contribution in [-0.4, -0.2) is 277 Å². The number of aryl methyl sites for hydroxylation is 1. The summed E-state index contributed by atoms with van der Waals surface area (Å²) in [6.45, 7) is 30.3. The number of aliphatic carboxylic acids is 1. The van der Waals surface area contributed by atoms with Crippen LogP contribution in [-0.2, 0) is 75.1 Å². The minimum Gasteiger partial charge on any atom is -0.506 e. The number of pyridine rings is 4. The van der Waals surface area contributed by atoms with Crippen LogP contribution >= 0.6 is 45.8 Å². The van der Waals surface area contributed by atoms with Crippen LogP contribution in [0.3, 0.4) is 0 Å². The number of esters is 2. The van der Waals surface area contributed by atoms with Gasteiger partial charge in [-0.1, -0.05) is 90.3 Å². The number of benzene rings is 4. The predicted molar refractivity (Wildman–Crippen MR) is 571 cm³/mol. The third kappa shape index (κ3) is 38.2. The van der Waals surface area contributed by atoms with Gasteiger partial charge in [0.1, 0.15) is 111 Å². The lowest BCUT2D eigenvalue weighted by Gasteiger charge is -2.27. The number of methoxy groups -OCH3 is 8. The van der Waals surface area contributed by atoms with Gasteiger partial charge in [-0.05, 0) is 201 Å². The number of carboxylic acids is 1. The Bertz CT molecular complexity index is 6260. The number of carboxylic acid groups (broad SMARTS) is 1. The van der Waals surface area contributed by atoms with Crippen molar-refractivity contribution >= 4 is 93.7 Å². The van der Waals surface area contributed by atoms with Gasteiger partial charge < -0.3 is 106 Å². The van der Waals surface area contributed by atoms with Crippen LogP contribution in [0.15, 0.2) is 147 Å². The molecule has 0 bridgehead atoms. The van der Waals surface area contributed by atoms with Crippen LogP contribution in [0, 0.1) is 0 Å². The Labute approximate surface area is 896 Å². The third-order valence-electron chi connectivity index (χ3n) is 20.9. The number of carbonyl (C=O) groups excluding carboxylic acids is 7. The second kappa shape index (κ2) is 62.0. The molecule has 11 rings (SSSR count). The van der Waals surface area contributed by atoms with Crippen molar-refractivity contribution in [2.75, 3.05) is 128 Å². The first-order valence-corrected chi connectivity index (χ1v) is 49.6. The van der Waals surface area contributed by atoms with Gasteiger partial charge in [-0.2, -0.15) is 0 Å². The number of ketones is 1. The Morgan fingerprint density at radius 3 is 1.23 bits per heavy atom. The Kier molecular flexibility index (Phi) is 51.3. The number of nitrogens with zero attached hydrogens (tertiary/aromatic N) is 12. The van der Waals surface area contributed by atoms with Crippen LogP contribution in [0.1, 0.15) is 181 Å². The van der Waals surface area contributed by atoms with Crippen molar-refractivity contribution in [3.8, 4) is 103 Å². The van der Waals surface area contributed by atoms with Gasteiger partial charge in [0.15, 0.2) is 5.78 Å². The van der Waals surface area contributed by atoms with Crippen LogP contribution in [0.25, 0.3) is 45.2 Å². The minimum absolute atomic E-state index is 0.0260. The number of aromatic hydroxyl groups is 2. The van der Waals surface area contributed by atoms with Crippen molar-refractivity contribution in [2.45, 2.75) is 179 Å². The number of H-pyrrole nitrogens is 2. The summed E-state index contributed by atoms with van der Waals surface area (Å²) in [4.78, 5) is 146. The molecule has 45 heteroatoms. The summed E-state index contributed by atoms with van der Waals surface area (Å²) in [7, 11) is 14.0. The number of nitrogens with one attached hydrogen (secondary N) is 2. The highest BCUT2D eigenvalue weighted by atomic mass is 127. The summed E-state index contributed by atoms with van der Waals surface area (Å²) in [5.41, 5.74) is 1.84.